The number of likely N-dealkylation sites (N-methyl/N-ethyl adjacent to an activating group) is 1. The summed E-state index contributed by atoms with van der Waals surface area (Å²) in [5, 5.41) is 7.00. The van der Waals surface area contributed by atoms with Crippen LogP contribution in [0.4, 0.5) is 8.78 Å². The quantitative estimate of drug-likeness (QED) is 0.565. The maximum atomic E-state index is 12.6. The number of hydrogen-bond acceptors (Lipinski definition) is 5. The zero-order chi connectivity index (χ0) is 23.5. The van der Waals surface area contributed by atoms with Crippen LogP contribution in [0.25, 0.3) is 16.8 Å². The molecule has 1 saturated heterocycles. The first-order chi connectivity index (χ1) is 15.8. The molecule has 3 aromatic rings. The average molecular weight is 453 g/mol. The molecule has 174 valence electrons. The number of fused-ring (bicyclic) bond motifs is 1. The topological polar surface area (TPSA) is 48.7 Å². The average Bonchev–Trinajstić information content (AvgIpc) is 3.23. The highest BCUT2D eigenvalue weighted by atomic mass is 19.3. The Labute approximate surface area is 193 Å². The molecule has 0 spiro atoms. The fraction of sp³-hybridized carbons (Fsp3) is 0.360. The normalized spacial score (nSPS) is 15.3. The van der Waals surface area contributed by atoms with Gasteiger partial charge in [-0.3, -0.25) is 9.88 Å². The highest BCUT2D eigenvalue weighted by molar-refractivity contribution is 5.84. The molecule has 0 amide bonds. The van der Waals surface area contributed by atoms with Crippen molar-refractivity contribution in [3.63, 3.8) is 0 Å². The van der Waals surface area contributed by atoms with Gasteiger partial charge in [0, 0.05) is 67.6 Å². The van der Waals surface area contributed by atoms with Crippen LogP contribution in [0.1, 0.15) is 27.9 Å². The Kier molecular flexibility index (Phi) is 6.85. The van der Waals surface area contributed by atoms with E-state index in [1.807, 2.05) is 31.5 Å². The van der Waals surface area contributed by atoms with Gasteiger partial charge in [-0.2, -0.15) is 5.10 Å². The Morgan fingerprint density at radius 3 is 2.61 bits per heavy atom. The van der Waals surface area contributed by atoms with Gasteiger partial charge in [0.05, 0.1) is 18.3 Å². The smallest absolute Gasteiger partial charge is 0.255 e. The first kappa shape index (κ1) is 23.1. The summed E-state index contributed by atoms with van der Waals surface area (Å²) in [5.74, 6) is 0. The van der Waals surface area contributed by atoms with Crippen molar-refractivity contribution in [3.8, 4) is 0 Å². The second kappa shape index (κ2) is 9.80. The van der Waals surface area contributed by atoms with E-state index in [4.69, 9.17) is 0 Å². The number of aryl methyl sites for hydroxylation is 1. The first-order valence-corrected chi connectivity index (χ1v) is 11.1. The first-order valence-electron chi connectivity index (χ1n) is 11.1. The van der Waals surface area contributed by atoms with Crippen molar-refractivity contribution in [2.75, 3.05) is 39.8 Å². The van der Waals surface area contributed by atoms with Gasteiger partial charge in [0.1, 0.15) is 0 Å². The number of piperazine rings is 1. The van der Waals surface area contributed by atoms with Gasteiger partial charge in [0.25, 0.3) is 6.43 Å². The van der Waals surface area contributed by atoms with Crippen LogP contribution in [0.3, 0.4) is 0 Å². The molecule has 4 rings (SSSR count). The van der Waals surface area contributed by atoms with E-state index in [0.29, 0.717) is 11.3 Å². The second-order valence-electron chi connectivity index (χ2n) is 8.59. The Bertz CT molecular complexity index is 1160. The van der Waals surface area contributed by atoms with E-state index >= 15 is 0 Å². The van der Waals surface area contributed by atoms with Gasteiger partial charge in [-0.15, -0.1) is 0 Å². The molecule has 1 fully saturated rings. The molecule has 1 aliphatic heterocycles. The van der Waals surface area contributed by atoms with Gasteiger partial charge in [0.15, 0.2) is 0 Å². The minimum absolute atomic E-state index is 0.417. The van der Waals surface area contributed by atoms with Crippen LogP contribution in [-0.4, -0.2) is 70.6 Å². The lowest BCUT2D eigenvalue weighted by molar-refractivity contribution is 0.148. The molecule has 0 radical (unpaired) electrons. The highest BCUT2D eigenvalue weighted by Gasteiger charge is 2.16. The Balaban J connectivity index is 1.57. The van der Waals surface area contributed by atoms with Crippen LogP contribution in [-0.2, 0) is 6.54 Å². The second-order valence-corrected chi connectivity index (χ2v) is 8.59. The number of halogens is 2. The maximum Gasteiger partial charge on any atom is 0.255 e. The van der Waals surface area contributed by atoms with E-state index in [9.17, 15) is 8.78 Å². The van der Waals surface area contributed by atoms with Crippen LogP contribution in [0.15, 0.2) is 49.9 Å². The van der Waals surface area contributed by atoms with Crippen LogP contribution in [0, 0.1) is 6.92 Å². The predicted octanol–water partition coefficient (Wildman–Crippen LogP) is 3.67. The molecule has 33 heavy (non-hydrogen) atoms. The van der Waals surface area contributed by atoms with E-state index in [1.54, 1.807) is 10.7 Å². The molecule has 0 unspecified atom stereocenters. The number of pyridine rings is 2. The molecule has 3 aromatic heterocycles. The summed E-state index contributed by atoms with van der Waals surface area (Å²) >= 11 is 0. The van der Waals surface area contributed by atoms with Crippen molar-refractivity contribution in [3.05, 3.63) is 77.9 Å². The van der Waals surface area contributed by atoms with Gasteiger partial charge in [-0.1, -0.05) is 13.2 Å². The Hall–Kier alpha value is -3.10. The van der Waals surface area contributed by atoms with E-state index < -0.39 is 13.0 Å². The maximum absolute atomic E-state index is 12.6. The van der Waals surface area contributed by atoms with E-state index in [1.165, 1.54) is 0 Å². The standard InChI is InChI=1S/C25H30F2N6/c1-17(22-11-20(13-28-18(22)2)16-32-9-7-31(4)8-10-32)21-5-6-33-24(12-21)23(14-30-33)19(3)29-15-25(26)27/h5-6,11-14,25,29H,1,3,7-10,15-16H2,2,4H3. The Morgan fingerprint density at radius 2 is 1.88 bits per heavy atom. The summed E-state index contributed by atoms with van der Waals surface area (Å²) in [6, 6.07) is 6.09. The lowest BCUT2D eigenvalue weighted by Crippen LogP contribution is -2.43. The van der Waals surface area contributed by atoms with Gasteiger partial charge < -0.3 is 10.2 Å². The third-order valence-electron chi connectivity index (χ3n) is 6.14. The van der Waals surface area contributed by atoms with Gasteiger partial charge in [0.2, 0.25) is 0 Å². The summed E-state index contributed by atoms with van der Waals surface area (Å²) in [5.41, 5.74) is 6.75. The van der Waals surface area contributed by atoms with Gasteiger partial charge in [-0.25, -0.2) is 13.3 Å². The molecule has 6 nitrogen and oxygen atoms in total. The van der Waals surface area contributed by atoms with Gasteiger partial charge >= 0.3 is 0 Å². The van der Waals surface area contributed by atoms with Crippen molar-refractivity contribution in [2.24, 2.45) is 0 Å². The van der Waals surface area contributed by atoms with E-state index in [0.717, 1.165) is 66.2 Å². The monoisotopic (exact) mass is 452 g/mol. The van der Waals surface area contributed by atoms with Gasteiger partial charge in [-0.05, 0) is 48.9 Å². The molecule has 1 N–H and O–H groups in total. The third-order valence-corrected chi connectivity index (χ3v) is 6.14. The molecule has 0 bridgehead atoms. The Morgan fingerprint density at radius 1 is 1.12 bits per heavy atom. The minimum atomic E-state index is -2.45. The van der Waals surface area contributed by atoms with Crippen molar-refractivity contribution >= 4 is 16.8 Å². The zero-order valence-electron chi connectivity index (χ0n) is 19.2. The van der Waals surface area contributed by atoms with E-state index in [2.05, 4.69) is 51.5 Å². The van der Waals surface area contributed by atoms with Crippen LogP contribution in [0.5, 0.6) is 0 Å². The molecule has 0 aliphatic carbocycles. The van der Waals surface area contributed by atoms with Crippen molar-refractivity contribution in [2.45, 2.75) is 19.9 Å². The van der Waals surface area contributed by atoms with Crippen LogP contribution < -0.4 is 5.32 Å². The number of rotatable bonds is 8. The SMILES string of the molecule is C=C(c1ccn2ncc(C(=C)NCC(F)F)c2c1)c1cc(CN2CCN(C)CC2)cnc1C. The highest BCUT2D eigenvalue weighted by Crippen LogP contribution is 2.27. The molecular formula is C25H30F2N6. The fourth-order valence-corrected chi connectivity index (χ4v) is 4.08. The summed E-state index contributed by atoms with van der Waals surface area (Å²) in [6.07, 6.45) is 2.97. The molecular weight excluding hydrogens is 422 g/mol. The number of hydrogen-bond donors (Lipinski definition) is 1. The molecule has 8 heteroatoms. The van der Waals surface area contributed by atoms with Crippen LogP contribution in [0.2, 0.25) is 0 Å². The number of alkyl halides is 2. The fourth-order valence-electron chi connectivity index (χ4n) is 4.08. The van der Waals surface area contributed by atoms with E-state index in [-0.39, 0.29) is 0 Å². The van der Waals surface area contributed by atoms with Crippen molar-refractivity contribution < 1.29 is 8.78 Å². The lowest BCUT2D eigenvalue weighted by atomic mass is 9.97. The van der Waals surface area contributed by atoms with Crippen molar-refractivity contribution in [1.29, 1.82) is 0 Å². The number of nitrogens with one attached hydrogen (secondary N) is 1. The largest absolute Gasteiger partial charge is 0.379 e. The predicted molar refractivity (Wildman–Crippen MR) is 128 cm³/mol. The summed E-state index contributed by atoms with van der Waals surface area (Å²) < 4.78 is 26.9. The number of nitrogens with zero attached hydrogens (tertiary/aromatic N) is 5. The molecule has 0 atom stereocenters. The molecule has 1 aliphatic rings. The summed E-state index contributed by atoms with van der Waals surface area (Å²) in [7, 11) is 2.15. The molecule has 4 heterocycles. The van der Waals surface area contributed by atoms with Crippen LogP contribution >= 0.6 is 0 Å². The minimum Gasteiger partial charge on any atom is -0.379 e. The lowest BCUT2D eigenvalue weighted by Gasteiger charge is -2.32. The third kappa shape index (κ3) is 5.29. The summed E-state index contributed by atoms with van der Waals surface area (Å²) in [4.78, 5) is 9.42. The number of aromatic nitrogens is 3. The zero-order valence-corrected chi connectivity index (χ0v) is 19.2. The summed E-state index contributed by atoms with van der Waals surface area (Å²) in [6.45, 7) is 14.9. The van der Waals surface area contributed by atoms with Crippen molar-refractivity contribution in [1.82, 2.24) is 29.7 Å². The molecule has 0 saturated carbocycles. The molecule has 0 aromatic carbocycles.